The summed E-state index contributed by atoms with van der Waals surface area (Å²) in [6.45, 7) is 3.58. The molecule has 3 heterocycles. The minimum Gasteiger partial charge on any atom is -0.444 e. The molecule has 1 aromatic carbocycles. The van der Waals surface area contributed by atoms with E-state index in [4.69, 9.17) is 9.57 Å². The lowest BCUT2D eigenvalue weighted by Crippen LogP contribution is -2.32. The summed E-state index contributed by atoms with van der Waals surface area (Å²) in [5.74, 6) is -1.52. The summed E-state index contributed by atoms with van der Waals surface area (Å²) in [7, 11) is 0. The van der Waals surface area contributed by atoms with Crippen molar-refractivity contribution in [3.8, 4) is 0 Å². The number of carbonyl (C=O) groups is 2. The number of pyridine rings is 1. The molecule has 2 saturated heterocycles. The smallest absolute Gasteiger partial charge is 0.414 e. The van der Waals surface area contributed by atoms with E-state index in [1.165, 1.54) is 11.8 Å². The lowest BCUT2D eigenvalue weighted by Gasteiger charge is -2.24. The molecule has 0 radical (unpaired) electrons. The average molecular weight is 460 g/mol. The van der Waals surface area contributed by atoms with Gasteiger partial charge in [-0.25, -0.2) is 13.6 Å². The maximum absolute atomic E-state index is 15.0. The summed E-state index contributed by atoms with van der Waals surface area (Å²) in [5.41, 5.74) is 0.975. The van der Waals surface area contributed by atoms with Gasteiger partial charge in [-0.15, -0.1) is 0 Å². The third kappa shape index (κ3) is 5.63. The molecule has 2 aromatic rings. The second-order valence-corrected chi connectivity index (χ2v) is 8.15. The highest BCUT2D eigenvalue weighted by Gasteiger charge is 2.33. The highest BCUT2D eigenvalue weighted by Crippen LogP contribution is 2.32. The Morgan fingerprint density at radius 1 is 1.15 bits per heavy atom. The number of hydroxylamine groups is 2. The van der Waals surface area contributed by atoms with Gasteiger partial charge in [0, 0.05) is 57.1 Å². The average Bonchev–Trinajstić information content (AvgIpc) is 3.01. The Kier molecular flexibility index (Phi) is 7.14. The number of ketones is 1. The molecule has 33 heavy (non-hydrogen) atoms. The molecule has 10 heteroatoms. The van der Waals surface area contributed by atoms with Gasteiger partial charge in [0.1, 0.15) is 17.6 Å². The maximum atomic E-state index is 15.0. The Bertz CT molecular complexity index is 984. The van der Waals surface area contributed by atoms with Gasteiger partial charge in [-0.05, 0) is 31.0 Å². The SMILES string of the molecule is CC(=O)CC[C@H]1CN(c2cc(F)c(N3CCON(Cc4ccncc4)CC3)c(F)c2)C(=O)O1. The molecular weight excluding hydrogens is 434 g/mol. The molecule has 8 nitrogen and oxygen atoms in total. The van der Waals surface area contributed by atoms with Crippen LogP contribution >= 0.6 is 0 Å². The molecule has 0 bridgehead atoms. The number of nitrogens with zero attached hydrogens (tertiary/aromatic N) is 4. The molecule has 0 saturated carbocycles. The number of Topliss-reactive ketones (excluding diaryl/α,β-unsaturated/α-hetero) is 1. The number of hydrogen-bond donors (Lipinski definition) is 0. The third-order valence-electron chi connectivity index (χ3n) is 5.68. The summed E-state index contributed by atoms with van der Waals surface area (Å²) in [4.78, 5) is 35.9. The van der Waals surface area contributed by atoms with Gasteiger partial charge in [0.25, 0.3) is 0 Å². The van der Waals surface area contributed by atoms with E-state index in [0.29, 0.717) is 32.6 Å². The molecule has 1 amide bonds. The summed E-state index contributed by atoms with van der Waals surface area (Å²) >= 11 is 0. The van der Waals surface area contributed by atoms with Crippen LogP contribution in [-0.2, 0) is 20.9 Å². The topological polar surface area (TPSA) is 75.2 Å². The van der Waals surface area contributed by atoms with Crippen molar-refractivity contribution in [1.82, 2.24) is 10.0 Å². The number of benzene rings is 1. The molecule has 1 aromatic heterocycles. The Balaban J connectivity index is 1.43. The van der Waals surface area contributed by atoms with Gasteiger partial charge < -0.3 is 14.4 Å². The number of amides is 1. The van der Waals surface area contributed by atoms with Crippen LogP contribution in [0.25, 0.3) is 0 Å². The molecule has 176 valence electrons. The molecule has 2 fully saturated rings. The van der Waals surface area contributed by atoms with Crippen LogP contribution in [-0.4, -0.2) is 60.8 Å². The standard InChI is InChI=1S/C23H26F2N4O4/c1-16(30)2-3-19-15-29(23(31)33-19)18-12-20(24)22(21(25)13-18)27-8-9-28(32-11-10-27)14-17-4-6-26-7-5-17/h4-7,12-13,19H,2-3,8-11,14-15H2,1H3/t19-/m0/s1. The summed E-state index contributed by atoms with van der Waals surface area (Å²) in [5, 5.41) is 1.76. The predicted molar refractivity (Wildman–Crippen MR) is 117 cm³/mol. The predicted octanol–water partition coefficient (Wildman–Crippen LogP) is 3.31. The number of rotatable bonds is 7. The molecule has 1 atom stereocenters. The lowest BCUT2D eigenvalue weighted by atomic mass is 10.1. The van der Waals surface area contributed by atoms with Gasteiger partial charge in [0.05, 0.1) is 18.8 Å². The fraction of sp³-hybridized carbons (Fsp3) is 0.435. The molecule has 4 rings (SSSR count). The summed E-state index contributed by atoms with van der Waals surface area (Å²) in [6, 6.07) is 6.07. The fourth-order valence-corrected chi connectivity index (χ4v) is 3.99. The largest absolute Gasteiger partial charge is 0.444 e. The van der Waals surface area contributed by atoms with Crippen molar-refractivity contribution in [1.29, 1.82) is 0 Å². The van der Waals surface area contributed by atoms with E-state index in [-0.39, 0.29) is 36.7 Å². The quantitative estimate of drug-likeness (QED) is 0.628. The summed E-state index contributed by atoms with van der Waals surface area (Å²) < 4.78 is 35.3. The molecule has 0 spiro atoms. The van der Waals surface area contributed by atoms with Crippen molar-refractivity contribution in [2.45, 2.75) is 32.4 Å². The van der Waals surface area contributed by atoms with Gasteiger partial charge in [-0.2, -0.15) is 5.06 Å². The zero-order valence-electron chi connectivity index (χ0n) is 18.4. The first-order chi connectivity index (χ1) is 15.9. The van der Waals surface area contributed by atoms with Gasteiger partial charge >= 0.3 is 6.09 Å². The van der Waals surface area contributed by atoms with Gasteiger partial charge in [-0.1, -0.05) is 0 Å². The Morgan fingerprint density at radius 2 is 1.88 bits per heavy atom. The van der Waals surface area contributed by atoms with E-state index >= 15 is 8.78 Å². The first kappa shape index (κ1) is 23.1. The number of anilines is 2. The highest BCUT2D eigenvalue weighted by atomic mass is 19.1. The van der Waals surface area contributed by atoms with Crippen LogP contribution in [0.2, 0.25) is 0 Å². The third-order valence-corrected chi connectivity index (χ3v) is 5.68. The Labute approximate surface area is 190 Å². The van der Waals surface area contributed by atoms with Crippen LogP contribution in [0.5, 0.6) is 0 Å². The second kappa shape index (κ2) is 10.2. The highest BCUT2D eigenvalue weighted by molar-refractivity contribution is 5.90. The summed E-state index contributed by atoms with van der Waals surface area (Å²) in [6.07, 6.45) is 2.90. The molecule has 0 aliphatic carbocycles. The van der Waals surface area contributed by atoms with Crippen molar-refractivity contribution in [3.05, 3.63) is 53.9 Å². The van der Waals surface area contributed by atoms with Gasteiger partial charge in [0.15, 0.2) is 11.6 Å². The zero-order valence-corrected chi connectivity index (χ0v) is 18.4. The van der Waals surface area contributed by atoms with Crippen LogP contribution < -0.4 is 9.80 Å². The van der Waals surface area contributed by atoms with Crippen LogP contribution in [0, 0.1) is 11.6 Å². The van der Waals surface area contributed by atoms with Crippen LogP contribution in [0.4, 0.5) is 25.0 Å². The molecule has 0 N–H and O–H groups in total. The minimum atomic E-state index is -0.757. The van der Waals surface area contributed by atoms with E-state index in [2.05, 4.69) is 4.98 Å². The van der Waals surface area contributed by atoms with E-state index in [1.807, 2.05) is 12.1 Å². The first-order valence-electron chi connectivity index (χ1n) is 10.9. The first-order valence-corrected chi connectivity index (χ1v) is 10.9. The van der Waals surface area contributed by atoms with Crippen LogP contribution in [0.1, 0.15) is 25.3 Å². The number of aromatic nitrogens is 1. The van der Waals surface area contributed by atoms with Gasteiger partial charge in [0.2, 0.25) is 0 Å². The van der Waals surface area contributed by atoms with Crippen molar-refractivity contribution >= 4 is 23.3 Å². The normalized spacial score (nSPS) is 19.5. The molecule has 2 aliphatic rings. The van der Waals surface area contributed by atoms with Crippen molar-refractivity contribution in [3.63, 3.8) is 0 Å². The van der Waals surface area contributed by atoms with Crippen LogP contribution in [0.3, 0.4) is 0 Å². The maximum Gasteiger partial charge on any atom is 0.414 e. The second-order valence-electron chi connectivity index (χ2n) is 8.15. The van der Waals surface area contributed by atoms with Crippen molar-refractivity contribution in [2.24, 2.45) is 0 Å². The van der Waals surface area contributed by atoms with E-state index in [9.17, 15) is 9.59 Å². The lowest BCUT2D eigenvalue weighted by molar-refractivity contribution is -0.154. The molecule has 2 aliphatic heterocycles. The van der Waals surface area contributed by atoms with E-state index in [0.717, 1.165) is 17.7 Å². The van der Waals surface area contributed by atoms with Gasteiger partial charge in [-0.3, -0.25) is 14.7 Å². The van der Waals surface area contributed by atoms with Crippen molar-refractivity contribution < 1.29 is 27.9 Å². The van der Waals surface area contributed by atoms with Crippen molar-refractivity contribution in [2.75, 3.05) is 42.6 Å². The molecule has 0 unspecified atom stereocenters. The number of ether oxygens (including phenoxy) is 1. The van der Waals surface area contributed by atoms with E-state index in [1.54, 1.807) is 22.4 Å². The Morgan fingerprint density at radius 3 is 2.58 bits per heavy atom. The number of hydrogen-bond acceptors (Lipinski definition) is 7. The number of halogens is 2. The molecular formula is C23H26F2N4O4. The van der Waals surface area contributed by atoms with Crippen LogP contribution in [0.15, 0.2) is 36.7 Å². The fourth-order valence-electron chi connectivity index (χ4n) is 3.99. The van der Waals surface area contributed by atoms with E-state index < -0.39 is 23.8 Å². The minimum absolute atomic E-state index is 0.00767. The zero-order chi connectivity index (χ0) is 23.4. The number of cyclic esters (lactones) is 1. The monoisotopic (exact) mass is 460 g/mol. The Hall–Kier alpha value is -3.11. The number of carbonyl (C=O) groups excluding carboxylic acids is 2.